The minimum atomic E-state index is -1.01. The van der Waals surface area contributed by atoms with E-state index in [1.165, 1.54) is 37.7 Å². The second-order valence-corrected chi connectivity index (χ2v) is 13.9. The van der Waals surface area contributed by atoms with Gasteiger partial charge in [-0.15, -0.1) is 0 Å². The zero-order valence-corrected chi connectivity index (χ0v) is 30.3. The molecule has 0 unspecified atom stereocenters. The number of aromatic nitrogens is 4. The lowest BCUT2D eigenvalue weighted by Gasteiger charge is -2.16. The van der Waals surface area contributed by atoms with Crippen molar-refractivity contribution >= 4 is 45.2 Å². The highest BCUT2D eigenvalue weighted by Crippen LogP contribution is 2.42. The Bertz CT molecular complexity index is 1930. The van der Waals surface area contributed by atoms with Crippen molar-refractivity contribution in [2.75, 3.05) is 13.1 Å². The molecule has 2 atom stereocenters. The van der Waals surface area contributed by atoms with Crippen molar-refractivity contribution < 1.29 is 19.8 Å². The van der Waals surface area contributed by atoms with E-state index in [4.69, 9.17) is 9.97 Å². The molecular formula is C40H53N5O4. The van der Waals surface area contributed by atoms with Crippen molar-refractivity contribution in [1.29, 1.82) is 0 Å². The molecule has 9 heteroatoms. The number of allylic oxidation sites excluding steroid dienone is 1. The number of hydrogen-bond donors (Lipinski definition) is 5. The second-order valence-electron chi connectivity index (χ2n) is 13.9. The summed E-state index contributed by atoms with van der Waals surface area (Å²) in [5, 5.41) is 23.7. The van der Waals surface area contributed by atoms with Crippen LogP contribution in [0.3, 0.4) is 0 Å². The first-order valence-electron chi connectivity index (χ1n) is 18.1. The Morgan fingerprint density at radius 1 is 0.837 bits per heavy atom. The van der Waals surface area contributed by atoms with Crippen molar-refractivity contribution in [3.8, 4) is 0 Å². The highest BCUT2D eigenvalue weighted by Gasteiger charge is 2.32. The van der Waals surface area contributed by atoms with Crippen LogP contribution in [0.15, 0.2) is 18.2 Å². The van der Waals surface area contributed by atoms with E-state index in [0.29, 0.717) is 24.0 Å². The molecule has 5 rings (SSSR count). The third-order valence-electron chi connectivity index (χ3n) is 10.7. The van der Waals surface area contributed by atoms with Crippen molar-refractivity contribution in [2.24, 2.45) is 0 Å². The van der Waals surface area contributed by atoms with Gasteiger partial charge < -0.3 is 25.5 Å². The standard InChI is InChI=1S/C40H53N5O4/c1-8-10-11-12-13-14-17-41-21-29-24(5)30-18-32-23(4)28(15-16-36(46)47)38(44-32)26(7)39-37(40(48)49)25(6)33(45-39)20-34-27(9-2)22(3)31(42-34)19-35(29)43-30/h18-20,23,28,41-42,45H,8-17,21H2,1-7H3,(H,46,47)(H,48,49)/t23-,28-/m0/s1. The van der Waals surface area contributed by atoms with Crippen molar-refractivity contribution in [1.82, 2.24) is 25.3 Å². The maximum atomic E-state index is 12.7. The summed E-state index contributed by atoms with van der Waals surface area (Å²) >= 11 is 0. The SMILES string of the molecule is CCCCCCCCNCC1=C(C)c2cc3nc(c(C)c4[nH]c(cc5[nH]c(cc1n2)c(C)c5CC)c(C)c4C(=O)O)[C@@H](CCC(=O)O)[C@@H]3C. The lowest BCUT2D eigenvalue weighted by molar-refractivity contribution is -0.137. The van der Waals surface area contributed by atoms with E-state index in [-0.39, 0.29) is 23.8 Å². The number of hydrogen-bond acceptors (Lipinski definition) is 5. The predicted octanol–water partition coefficient (Wildman–Crippen LogP) is 9.13. The molecule has 8 bridgehead atoms. The molecule has 0 spiro atoms. The number of unbranched alkanes of at least 4 members (excludes halogenated alkanes) is 5. The molecule has 2 aliphatic rings. The Balaban J connectivity index is 1.74. The van der Waals surface area contributed by atoms with Gasteiger partial charge in [0.15, 0.2) is 0 Å². The molecule has 0 fully saturated rings. The molecular weight excluding hydrogens is 614 g/mol. The van der Waals surface area contributed by atoms with Gasteiger partial charge >= 0.3 is 11.9 Å². The summed E-state index contributed by atoms with van der Waals surface area (Å²) in [4.78, 5) is 41.8. The van der Waals surface area contributed by atoms with Gasteiger partial charge in [0.25, 0.3) is 0 Å². The summed E-state index contributed by atoms with van der Waals surface area (Å²) in [5.74, 6) is -2.14. The van der Waals surface area contributed by atoms with Gasteiger partial charge in [0.1, 0.15) is 0 Å². The molecule has 0 radical (unpaired) electrons. The number of nitrogens with one attached hydrogen (secondary N) is 3. The van der Waals surface area contributed by atoms with E-state index in [1.54, 1.807) is 0 Å². The van der Waals surface area contributed by atoms with Crippen LogP contribution < -0.4 is 5.32 Å². The minimum absolute atomic E-state index is 0.00157. The highest BCUT2D eigenvalue weighted by molar-refractivity contribution is 6.02. The van der Waals surface area contributed by atoms with E-state index in [0.717, 1.165) is 81.0 Å². The quantitative estimate of drug-likeness (QED) is 0.108. The Labute approximate surface area is 289 Å². The van der Waals surface area contributed by atoms with E-state index < -0.39 is 11.9 Å². The monoisotopic (exact) mass is 667 g/mol. The van der Waals surface area contributed by atoms with Crippen LogP contribution in [0.4, 0.5) is 0 Å². The number of H-pyrrole nitrogens is 2. The topological polar surface area (TPSA) is 144 Å². The zero-order chi connectivity index (χ0) is 35.4. The molecule has 49 heavy (non-hydrogen) atoms. The average molecular weight is 668 g/mol. The van der Waals surface area contributed by atoms with Crippen LogP contribution in [0.5, 0.6) is 0 Å². The van der Waals surface area contributed by atoms with Crippen molar-refractivity contribution in [2.45, 2.75) is 118 Å². The summed E-state index contributed by atoms with van der Waals surface area (Å²) in [6, 6.07) is 6.21. The fraction of sp³-hybridized carbons (Fsp3) is 0.500. The zero-order valence-electron chi connectivity index (χ0n) is 30.3. The summed E-state index contributed by atoms with van der Waals surface area (Å²) in [5.41, 5.74) is 12.6. The number of aromatic carboxylic acids is 1. The lowest BCUT2D eigenvalue weighted by Crippen LogP contribution is -2.18. The summed E-state index contributed by atoms with van der Waals surface area (Å²) in [7, 11) is 0. The smallest absolute Gasteiger partial charge is 0.338 e. The summed E-state index contributed by atoms with van der Waals surface area (Å²) in [6.07, 6.45) is 8.72. The Morgan fingerprint density at radius 2 is 1.55 bits per heavy atom. The molecule has 0 amide bonds. The number of carboxylic acids is 2. The molecule has 5 heterocycles. The molecule has 0 aromatic carbocycles. The highest BCUT2D eigenvalue weighted by atomic mass is 16.4. The van der Waals surface area contributed by atoms with Crippen molar-refractivity contribution in [3.63, 3.8) is 0 Å². The van der Waals surface area contributed by atoms with E-state index in [2.05, 4.69) is 62.0 Å². The largest absolute Gasteiger partial charge is 0.481 e. The van der Waals surface area contributed by atoms with Gasteiger partial charge in [0.2, 0.25) is 0 Å². The molecule has 9 nitrogen and oxygen atoms in total. The first-order valence-corrected chi connectivity index (χ1v) is 18.1. The molecule has 2 aliphatic heterocycles. The molecule has 0 aliphatic carbocycles. The summed E-state index contributed by atoms with van der Waals surface area (Å²) in [6.45, 7) is 16.1. The first kappa shape index (κ1) is 36.1. The van der Waals surface area contributed by atoms with E-state index in [1.807, 2.05) is 19.9 Å². The van der Waals surface area contributed by atoms with Crippen LogP contribution in [0.25, 0.3) is 33.2 Å². The Kier molecular flexibility index (Phi) is 11.4. The van der Waals surface area contributed by atoms with Gasteiger partial charge in [-0.3, -0.25) is 9.78 Å². The third kappa shape index (κ3) is 7.52. The molecule has 3 aromatic heterocycles. The van der Waals surface area contributed by atoms with Gasteiger partial charge in [-0.25, -0.2) is 9.78 Å². The number of fused-ring (bicyclic) bond motifs is 8. The van der Waals surface area contributed by atoms with Crippen LogP contribution in [-0.4, -0.2) is 55.2 Å². The molecule has 0 saturated heterocycles. The fourth-order valence-electron chi connectivity index (χ4n) is 7.57. The van der Waals surface area contributed by atoms with Crippen molar-refractivity contribution in [3.05, 3.63) is 68.8 Å². The molecule has 5 N–H and O–H groups in total. The van der Waals surface area contributed by atoms with Crippen LogP contribution in [0.2, 0.25) is 0 Å². The van der Waals surface area contributed by atoms with Crippen LogP contribution >= 0.6 is 0 Å². The minimum Gasteiger partial charge on any atom is -0.481 e. The number of rotatable bonds is 14. The van der Waals surface area contributed by atoms with E-state index in [9.17, 15) is 19.8 Å². The van der Waals surface area contributed by atoms with Crippen LogP contribution in [0, 0.1) is 20.8 Å². The predicted molar refractivity (Wildman–Crippen MR) is 198 cm³/mol. The van der Waals surface area contributed by atoms with Gasteiger partial charge in [0.05, 0.1) is 22.5 Å². The number of aromatic amines is 2. The summed E-state index contributed by atoms with van der Waals surface area (Å²) < 4.78 is 0. The third-order valence-corrected chi connectivity index (χ3v) is 10.7. The fourth-order valence-corrected chi connectivity index (χ4v) is 7.57. The van der Waals surface area contributed by atoms with Gasteiger partial charge in [-0.2, -0.15) is 0 Å². The Morgan fingerprint density at radius 3 is 2.24 bits per heavy atom. The Hall–Kier alpha value is -4.24. The maximum absolute atomic E-state index is 12.7. The van der Waals surface area contributed by atoms with Gasteiger partial charge in [-0.1, -0.05) is 52.9 Å². The van der Waals surface area contributed by atoms with Crippen LogP contribution in [0.1, 0.15) is 146 Å². The van der Waals surface area contributed by atoms with E-state index >= 15 is 0 Å². The molecule has 3 aromatic rings. The van der Waals surface area contributed by atoms with Gasteiger partial charge in [-0.05, 0) is 105 Å². The van der Waals surface area contributed by atoms with Crippen LogP contribution in [-0.2, 0) is 11.2 Å². The maximum Gasteiger partial charge on any atom is 0.338 e. The average Bonchev–Trinajstić information content (AvgIpc) is 3.74. The second kappa shape index (κ2) is 15.5. The normalized spacial score (nSPS) is 16.1. The number of carboxylic acid groups (broad SMARTS) is 2. The molecule has 262 valence electrons. The number of aliphatic carboxylic acids is 1. The van der Waals surface area contributed by atoms with Gasteiger partial charge in [0, 0.05) is 52.7 Å². The molecule has 0 saturated carbocycles. The number of aryl methyl sites for hydroxylation is 4. The first-order chi connectivity index (χ1) is 23.5. The number of nitrogens with zero attached hydrogens (tertiary/aromatic N) is 2. The number of carbonyl (C=O) groups is 2. The lowest BCUT2D eigenvalue weighted by atomic mass is 9.85.